The highest BCUT2D eigenvalue weighted by Gasteiger charge is 2.26. The Morgan fingerprint density at radius 1 is 0.267 bits per heavy atom. The van der Waals surface area contributed by atoms with Crippen molar-refractivity contribution in [3.05, 3.63) is 194 Å². The van der Waals surface area contributed by atoms with Crippen molar-refractivity contribution in [1.29, 1.82) is 0 Å². The zero-order valence-corrected chi connectivity index (χ0v) is 24.8. The van der Waals surface area contributed by atoms with Gasteiger partial charge in [0.25, 0.3) is 0 Å². The highest BCUT2D eigenvalue weighted by Crippen LogP contribution is 2.49. The van der Waals surface area contributed by atoms with Gasteiger partial charge < -0.3 is 9.80 Å². The van der Waals surface area contributed by atoms with E-state index >= 15 is 0 Å². The minimum atomic E-state index is 0.819. The molecular formula is C41H32N4. The van der Waals surface area contributed by atoms with Crippen molar-refractivity contribution in [2.45, 2.75) is 0 Å². The van der Waals surface area contributed by atoms with Gasteiger partial charge in [0.15, 0.2) is 0 Å². The Morgan fingerprint density at radius 2 is 0.556 bits per heavy atom. The average Bonchev–Trinajstić information content (AvgIpc) is 3.12. The molecule has 0 bridgehead atoms. The topological polar surface area (TPSA) is 22.6 Å². The normalized spacial score (nSPS) is 10.7. The summed E-state index contributed by atoms with van der Waals surface area (Å²) in [7, 11) is 0. The van der Waals surface area contributed by atoms with Crippen molar-refractivity contribution < 1.29 is 0 Å². The third-order valence-corrected chi connectivity index (χ3v) is 7.66. The van der Waals surface area contributed by atoms with Crippen LogP contribution in [0.3, 0.4) is 0 Å². The molecule has 0 amide bonds. The van der Waals surface area contributed by atoms with Crippen molar-refractivity contribution in [1.82, 2.24) is 4.98 Å². The lowest BCUT2D eigenvalue weighted by Gasteiger charge is -2.35. The summed E-state index contributed by atoms with van der Waals surface area (Å²) in [5.41, 5.74) is 8.33. The summed E-state index contributed by atoms with van der Waals surface area (Å²) in [6.45, 7) is 0. The van der Waals surface area contributed by atoms with E-state index in [0.29, 0.717) is 0 Å². The quantitative estimate of drug-likeness (QED) is 0.169. The Balaban J connectivity index is 1.49. The monoisotopic (exact) mass is 580 g/mol. The van der Waals surface area contributed by atoms with Crippen molar-refractivity contribution in [3.63, 3.8) is 0 Å². The SMILES string of the molecule is c1ccc(N(c2ccccc2)c2ccccc2N(c2ccccn2)c2ccccc2N(c2ccccc2)c2ccccc2)cc1. The van der Waals surface area contributed by atoms with Crippen LogP contribution in [-0.4, -0.2) is 4.98 Å². The van der Waals surface area contributed by atoms with E-state index < -0.39 is 0 Å². The molecule has 0 aliphatic rings. The van der Waals surface area contributed by atoms with Crippen molar-refractivity contribution in [3.8, 4) is 0 Å². The van der Waals surface area contributed by atoms with Crippen LogP contribution in [0.1, 0.15) is 0 Å². The van der Waals surface area contributed by atoms with Gasteiger partial charge in [0.1, 0.15) is 5.82 Å². The molecule has 0 aliphatic heterocycles. The minimum absolute atomic E-state index is 0.819. The lowest BCUT2D eigenvalue weighted by molar-refractivity contribution is 1.15. The summed E-state index contributed by atoms with van der Waals surface area (Å²) in [6.07, 6.45) is 1.85. The van der Waals surface area contributed by atoms with E-state index in [9.17, 15) is 0 Å². The van der Waals surface area contributed by atoms with Crippen LogP contribution >= 0.6 is 0 Å². The fraction of sp³-hybridized carbons (Fsp3) is 0. The summed E-state index contributed by atoms with van der Waals surface area (Å²) in [5.74, 6) is 0.819. The van der Waals surface area contributed by atoms with Gasteiger partial charge >= 0.3 is 0 Å². The smallest absolute Gasteiger partial charge is 0.137 e. The number of benzene rings is 6. The number of hydrogen-bond acceptors (Lipinski definition) is 4. The maximum atomic E-state index is 4.91. The van der Waals surface area contributed by atoms with E-state index in [1.165, 1.54) is 0 Å². The van der Waals surface area contributed by atoms with Crippen LogP contribution in [0.15, 0.2) is 194 Å². The largest absolute Gasteiger partial charge is 0.308 e. The molecule has 4 heteroatoms. The summed E-state index contributed by atoms with van der Waals surface area (Å²) >= 11 is 0. The molecule has 7 aromatic rings. The number of nitrogens with zero attached hydrogens (tertiary/aromatic N) is 4. The maximum absolute atomic E-state index is 4.91. The second kappa shape index (κ2) is 13.0. The summed E-state index contributed by atoms with van der Waals surface area (Å²) in [6, 6.07) is 65.2. The zero-order valence-electron chi connectivity index (χ0n) is 24.8. The first-order valence-corrected chi connectivity index (χ1v) is 15.1. The van der Waals surface area contributed by atoms with Gasteiger partial charge in [-0.1, -0.05) is 103 Å². The highest BCUT2D eigenvalue weighted by atomic mass is 15.3. The van der Waals surface area contributed by atoms with E-state index in [-0.39, 0.29) is 0 Å². The number of rotatable bonds is 9. The molecular weight excluding hydrogens is 548 g/mol. The van der Waals surface area contributed by atoms with Crippen LogP contribution in [0.25, 0.3) is 0 Å². The second-order valence-electron chi connectivity index (χ2n) is 10.5. The molecule has 1 aromatic heterocycles. The molecule has 4 nitrogen and oxygen atoms in total. The summed E-state index contributed by atoms with van der Waals surface area (Å²) in [5, 5.41) is 0. The molecule has 0 aliphatic carbocycles. The number of para-hydroxylation sites is 8. The Hall–Kier alpha value is -6.13. The molecule has 0 saturated carbocycles. The standard InChI is InChI=1S/C41H32N4/c1-5-19-33(20-6-1)43(34-21-7-2-8-22-34)37-27-13-15-29-39(37)45(41-31-17-18-32-42-41)40-30-16-14-28-38(40)44(35-23-9-3-10-24-35)36-25-11-4-12-26-36/h1-32H. The molecule has 7 rings (SSSR count). The van der Waals surface area contributed by atoms with Gasteiger partial charge in [0.05, 0.1) is 22.7 Å². The van der Waals surface area contributed by atoms with Crippen molar-refractivity contribution in [2.75, 3.05) is 14.7 Å². The second-order valence-corrected chi connectivity index (χ2v) is 10.5. The average molecular weight is 581 g/mol. The van der Waals surface area contributed by atoms with Crippen LogP contribution < -0.4 is 14.7 Å². The fourth-order valence-electron chi connectivity index (χ4n) is 5.71. The molecule has 0 fully saturated rings. The Kier molecular flexibility index (Phi) is 8.01. The van der Waals surface area contributed by atoms with Crippen molar-refractivity contribution >= 4 is 51.3 Å². The number of aromatic nitrogens is 1. The van der Waals surface area contributed by atoms with E-state index in [1.54, 1.807) is 0 Å². The lowest BCUT2D eigenvalue weighted by Crippen LogP contribution is -2.20. The first-order chi connectivity index (χ1) is 22.4. The van der Waals surface area contributed by atoms with E-state index in [4.69, 9.17) is 4.98 Å². The molecule has 0 unspecified atom stereocenters. The molecule has 6 aromatic carbocycles. The lowest BCUT2D eigenvalue weighted by atomic mass is 10.1. The van der Waals surface area contributed by atoms with Crippen LogP contribution in [0.4, 0.5) is 51.3 Å². The number of pyridine rings is 1. The zero-order chi connectivity index (χ0) is 30.3. The Bertz CT molecular complexity index is 1740. The van der Waals surface area contributed by atoms with E-state index in [2.05, 4.69) is 191 Å². The molecule has 0 spiro atoms. The van der Waals surface area contributed by atoms with Gasteiger partial charge in [0.2, 0.25) is 0 Å². The first-order valence-electron chi connectivity index (χ1n) is 15.1. The van der Waals surface area contributed by atoms with Gasteiger partial charge in [-0.25, -0.2) is 4.98 Å². The van der Waals surface area contributed by atoms with Gasteiger partial charge in [-0.05, 0) is 84.9 Å². The maximum Gasteiger partial charge on any atom is 0.137 e. The predicted octanol–water partition coefficient (Wildman–Crippen LogP) is 11.5. The van der Waals surface area contributed by atoms with E-state index in [0.717, 1.165) is 51.3 Å². The molecule has 1 heterocycles. The van der Waals surface area contributed by atoms with Crippen LogP contribution in [0.5, 0.6) is 0 Å². The molecule has 0 atom stereocenters. The van der Waals surface area contributed by atoms with Gasteiger partial charge in [-0.15, -0.1) is 0 Å². The number of hydrogen-bond donors (Lipinski definition) is 0. The van der Waals surface area contributed by atoms with Gasteiger partial charge in [-0.3, -0.25) is 4.90 Å². The Labute approximate surface area is 264 Å². The predicted molar refractivity (Wildman–Crippen MR) is 188 cm³/mol. The highest BCUT2D eigenvalue weighted by molar-refractivity contribution is 5.95. The number of anilines is 9. The Morgan fingerprint density at radius 3 is 0.867 bits per heavy atom. The summed E-state index contributed by atoms with van der Waals surface area (Å²) in [4.78, 5) is 11.8. The van der Waals surface area contributed by atoms with Gasteiger partial charge in [-0.2, -0.15) is 0 Å². The third kappa shape index (κ3) is 5.77. The third-order valence-electron chi connectivity index (χ3n) is 7.66. The van der Waals surface area contributed by atoms with Crippen molar-refractivity contribution in [2.24, 2.45) is 0 Å². The van der Waals surface area contributed by atoms with Crippen LogP contribution in [0.2, 0.25) is 0 Å². The minimum Gasteiger partial charge on any atom is -0.308 e. The fourth-order valence-corrected chi connectivity index (χ4v) is 5.71. The molecule has 216 valence electrons. The van der Waals surface area contributed by atoms with E-state index in [1.807, 2.05) is 18.3 Å². The summed E-state index contributed by atoms with van der Waals surface area (Å²) < 4.78 is 0. The molecule has 0 saturated heterocycles. The van der Waals surface area contributed by atoms with Crippen LogP contribution in [-0.2, 0) is 0 Å². The molecule has 45 heavy (non-hydrogen) atoms. The first kappa shape index (κ1) is 27.7. The van der Waals surface area contributed by atoms with Gasteiger partial charge in [0, 0.05) is 28.9 Å². The molecule has 0 N–H and O–H groups in total. The molecule has 0 radical (unpaired) electrons. The van der Waals surface area contributed by atoms with Crippen LogP contribution in [0, 0.1) is 0 Å².